The largest absolute Gasteiger partial charge is 0.465 e. The number of hydrogen-bond acceptors (Lipinski definition) is 4. The predicted octanol–water partition coefficient (Wildman–Crippen LogP) is 1.96. The molecule has 2 aliphatic heterocycles. The molecule has 156 valence electrons. The molecule has 0 bridgehead atoms. The van der Waals surface area contributed by atoms with Gasteiger partial charge in [-0.15, -0.1) is 0 Å². The van der Waals surface area contributed by atoms with Gasteiger partial charge in [-0.1, -0.05) is 0 Å². The maximum atomic E-state index is 12.5. The van der Waals surface area contributed by atoms with Gasteiger partial charge in [-0.3, -0.25) is 18.7 Å². The van der Waals surface area contributed by atoms with Crippen molar-refractivity contribution in [3.05, 3.63) is 45.0 Å². The normalized spacial score (nSPS) is 20.3. The Balaban J connectivity index is 1.50. The summed E-state index contributed by atoms with van der Waals surface area (Å²) in [6.45, 7) is 8.50. The van der Waals surface area contributed by atoms with Crippen molar-refractivity contribution in [3.63, 3.8) is 0 Å². The van der Waals surface area contributed by atoms with Crippen molar-refractivity contribution in [2.24, 2.45) is 0 Å². The predicted molar refractivity (Wildman–Crippen MR) is 111 cm³/mol. The van der Waals surface area contributed by atoms with Gasteiger partial charge in [0.1, 0.15) is 5.65 Å². The van der Waals surface area contributed by atoms with Crippen molar-refractivity contribution < 1.29 is 9.90 Å². The van der Waals surface area contributed by atoms with E-state index in [2.05, 4.69) is 4.90 Å². The smallest absolute Gasteiger partial charge is 0.407 e. The average molecular weight is 400 g/mol. The Morgan fingerprint density at radius 2 is 1.72 bits per heavy atom. The highest BCUT2D eigenvalue weighted by Crippen LogP contribution is 2.28. The third-order valence-corrected chi connectivity index (χ3v) is 6.13. The first-order valence-electron chi connectivity index (χ1n) is 10.2. The van der Waals surface area contributed by atoms with Crippen molar-refractivity contribution in [3.8, 4) is 0 Å². The summed E-state index contributed by atoms with van der Waals surface area (Å²) in [5.74, 6) is 0. The molecule has 4 rings (SSSR count). The number of piperidine rings is 1. The molecule has 0 aliphatic carbocycles. The molecule has 2 aromatic rings. The van der Waals surface area contributed by atoms with E-state index in [0.717, 1.165) is 31.3 Å². The molecule has 1 N–H and O–H groups in total. The zero-order valence-corrected chi connectivity index (χ0v) is 17.2. The topological polar surface area (TPSA) is 87.8 Å². The van der Waals surface area contributed by atoms with Crippen LogP contribution in [0, 0.1) is 0 Å². The van der Waals surface area contributed by atoms with Gasteiger partial charge in [-0.2, -0.15) is 0 Å². The first-order chi connectivity index (χ1) is 13.7. The Morgan fingerprint density at radius 1 is 1.10 bits per heavy atom. The standard InChI is InChI=1S/C21H28N4O4/c1-21(2,3)25(20(28)29)15-8-10-22(11-9-15)12-16-13-23-17(26)6-4-14-5-7-18(27)24(16)19(14)23/h4-7,15-16H,8-13H2,1-3H3,(H,28,29). The van der Waals surface area contributed by atoms with E-state index in [1.54, 1.807) is 38.3 Å². The monoisotopic (exact) mass is 400 g/mol. The highest BCUT2D eigenvalue weighted by Gasteiger charge is 2.36. The number of likely N-dealkylation sites (tertiary alicyclic amines) is 1. The van der Waals surface area contributed by atoms with Gasteiger partial charge in [0, 0.05) is 55.3 Å². The van der Waals surface area contributed by atoms with Crippen LogP contribution in [0.2, 0.25) is 0 Å². The Kier molecular flexibility index (Phi) is 4.77. The van der Waals surface area contributed by atoms with E-state index in [0.29, 0.717) is 18.7 Å². The highest BCUT2D eigenvalue weighted by atomic mass is 16.4. The van der Waals surface area contributed by atoms with Gasteiger partial charge in [0.05, 0.1) is 6.04 Å². The molecule has 1 unspecified atom stereocenters. The number of carbonyl (C=O) groups is 1. The van der Waals surface area contributed by atoms with Crippen LogP contribution < -0.4 is 11.1 Å². The molecule has 2 aliphatic rings. The minimum absolute atomic E-state index is 0.00157. The molecule has 0 radical (unpaired) electrons. The average Bonchev–Trinajstić information content (AvgIpc) is 3.02. The van der Waals surface area contributed by atoms with Gasteiger partial charge < -0.3 is 14.9 Å². The van der Waals surface area contributed by atoms with Crippen molar-refractivity contribution in [1.29, 1.82) is 0 Å². The Morgan fingerprint density at radius 3 is 2.31 bits per heavy atom. The van der Waals surface area contributed by atoms with Gasteiger partial charge in [0.25, 0.3) is 11.1 Å². The van der Waals surface area contributed by atoms with Crippen molar-refractivity contribution in [1.82, 2.24) is 18.9 Å². The molecule has 4 heterocycles. The molecule has 0 aromatic carbocycles. The number of aromatic nitrogens is 2. The molecule has 0 saturated carbocycles. The van der Waals surface area contributed by atoms with Gasteiger partial charge in [-0.05, 0) is 45.7 Å². The quantitative estimate of drug-likeness (QED) is 0.851. The highest BCUT2D eigenvalue weighted by molar-refractivity contribution is 5.76. The van der Waals surface area contributed by atoms with E-state index in [1.807, 2.05) is 20.8 Å². The second-order valence-corrected chi connectivity index (χ2v) is 9.11. The van der Waals surface area contributed by atoms with E-state index in [9.17, 15) is 19.5 Å². The molecule has 29 heavy (non-hydrogen) atoms. The lowest BCUT2D eigenvalue weighted by molar-refractivity contribution is 0.0397. The molecule has 1 atom stereocenters. The summed E-state index contributed by atoms with van der Waals surface area (Å²) in [5.41, 5.74) is 0.102. The summed E-state index contributed by atoms with van der Waals surface area (Å²) in [4.78, 5) is 40.4. The molecule has 0 spiro atoms. The molecule has 2 aromatic heterocycles. The van der Waals surface area contributed by atoms with Crippen LogP contribution in [0.25, 0.3) is 11.0 Å². The second-order valence-electron chi connectivity index (χ2n) is 9.11. The van der Waals surface area contributed by atoms with Crippen LogP contribution in [0.1, 0.15) is 39.7 Å². The fraction of sp³-hybridized carbons (Fsp3) is 0.571. The molecular weight excluding hydrogens is 372 g/mol. The fourth-order valence-corrected chi connectivity index (χ4v) is 4.94. The SMILES string of the molecule is CC(C)(C)N(C(=O)O)C1CCN(CC2Cn3c(=O)ccc4ccc(=O)n2c43)CC1. The summed E-state index contributed by atoms with van der Waals surface area (Å²) < 4.78 is 3.45. The van der Waals surface area contributed by atoms with Crippen LogP contribution in [0.3, 0.4) is 0 Å². The van der Waals surface area contributed by atoms with Crippen LogP contribution in [0.4, 0.5) is 4.79 Å². The van der Waals surface area contributed by atoms with E-state index in [4.69, 9.17) is 0 Å². The Bertz CT molecular complexity index is 1050. The zero-order valence-electron chi connectivity index (χ0n) is 17.2. The minimum Gasteiger partial charge on any atom is -0.465 e. The molecule has 1 fully saturated rings. The fourth-order valence-electron chi connectivity index (χ4n) is 4.94. The van der Waals surface area contributed by atoms with E-state index < -0.39 is 11.6 Å². The van der Waals surface area contributed by atoms with Crippen LogP contribution in [0.15, 0.2) is 33.9 Å². The lowest BCUT2D eigenvalue weighted by Crippen LogP contribution is -2.55. The molecular formula is C21H28N4O4. The maximum absolute atomic E-state index is 12.5. The number of rotatable bonds is 3. The summed E-state index contributed by atoms with van der Waals surface area (Å²) in [6, 6.07) is 6.57. The Hall–Kier alpha value is -2.61. The van der Waals surface area contributed by atoms with Gasteiger partial charge in [0.15, 0.2) is 0 Å². The van der Waals surface area contributed by atoms with Gasteiger partial charge in [0.2, 0.25) is 0 Å². The van der Waals surface area contributed by atoms with Crippen LogP contribution in [-0.4, -0.2) is 61.3 Å². The number of amides is 1. The summed E-state index contributed by atoms with van der Waals surface area (Å²) in [5, 5.41) is 10.5. The third-order valence-electron chi connectivity index (χ3n) is 6.13. The molecule has 1 amide bonds. The zero-order chi connectivity index (χ0) is 20.9. The van der Waals surface area contributed by atoms with Gasteiger partial charge in [-0.25, -0.2) is 4.79 Å². The summed E-state index contributed by atoms with van der Waals surface area (Å²) >= 11 is 0. The number of nitrogens with zero attached hydrogens (tertiary/aromatic N) is 4. The van der Waals surface area contributed by atoms with Crippen LogP contribution >= 0.6 is 0 Å². The Labute approximate surface area is 169 Å². The lowest BCUT2D eigenvalue weighted by Gasteiger charge is -2.43. The van der Waals surface area contributed by atoms with Gasteiger partial charge >= 0.3 is 6.09 Å². The maximum Gasteiger partial charge on any atom is 0.407 e. The summed E-state index contributed by atoms with van der Waals surface area (Å²) in [6.07, 6.45) is 0.657. The first kappa shape index (κ1) is 19.7. The van der Waals surface area contributed by atoms with Crippen LogP contribution in [0.5, 0.6) is 0 Å². The van der Waals surface area contributed by atoms with Crippen molar-refractivity contribution in [2.45, 2.75) is 57.8 Å². The van der Waals surface area contributed by atoms with Crippen molar-refractivity contribution in [2.75, 3.05) is 19.6 Å². The first-order valence-corrected chi connectivity index (χ1v) is 10.2. The van der Waals surface area contributed by atoms with Crippen molar-refractivity contribution >= 4 is 17.1 Å². The molecule has 8 heteroatoms. The number of pyridine rings is 2. The minimum atomic E-state index is -0.875. The second kappa shape index (κ2) is 7.02. The lowest BCUT2D eigenvalue weighted by atomic mass is 9.96. The third kappa shape index (κ3) is 3.46. The van der Waals surface area contributed by atoms with E-state index in [1.165, 1.54) is 0 Å². The number of carboxylic acid groups (broad SMARTS) is 1. The molecule has 8 nitrogen and oxygen atoms in total. The summed E-state index contributed by atoms with van der Waals surface area (Å²) in [7, 11) is 0. The van der Waals surface area contributed by atoms with E-state index >= 15 is 0 Å². The van der Waals surface area contributed by atoms with E-state index in [-0.39, 0.29) is 23.2 Å². The molecule has 1 saturated heterocycles. The number of hydrogen-bond donors (Lipinski definition) is 1. The van der Waals surface area contributed by atoms with Crippen LogP contribution in [-0.2, 0) is 6.54 Å².